The SMILES string of the molecule is C=C[C@@H]1C[C@]1(NC(=O)[C@@H]1CC2(CN1C(=O)[C@@H](NC(=O)C(NC(=C)[C@@H]1CCCN1CC)C1(C)CCCCC1)C1(C)CCOCC1)C(C)(C)C21CCC1)C(=O)NC. The molecule has 4 N–H and O–H groups in total. The fourth-order valence-corrected chi connectivity index (χ4v) is 12.8. The largest absolute Gasteiger partial charge is 0.381 e. The topological polar surface area (TPSA) is 132 Å². The van der Waals surface area contributed by atoms with E-state index in [-0.39, 0.29) is 57.2 Å². The van der Waals surface area contributed by atoms with E-state index in [0.29, 0.717) is 45.4 Å². The van der Waals surface area contributed by atoms with E-state index in [1.807, 2.05) is 4.90 Å². The lowest BCUT2D eigenvalue weighted by Crippen LogP contribution is -2.64. The second-order valence-electron chi connectivity index (χ2n) is 19.7. The van der Waals surface area contributed by atoms with E-state index >= 15 is 9.59 Å². The molecule has 0 aromatic heterocycles. The molecular formula is C44H70N6O5. The molecule has 0 bridgehead atoms. The third-order valence-electron chi connectivity index (χ3n) is 17.0. The molecule has 7 rings (SSSR count). The molecule has 0 radical (unpaired) electrons. The Labute approximate surface area is 329 Å². The third-order valence-corrected chi connectivity index (χ3v) is 17.0. The van der Waals surface area contributed by atoms with Crippen LogP contribution in [0.3, 0.4) is 0 Å². The summed E-state index contributed by atoms with van der Waals surface area (Å²) in [4.78, 5) is 62.8. The molecule has 2 unspecified atom stereocenters. The zero-order valence-corrected chi connectivity index (χ0v) is 34.7. The highest BCUT2D eigenvalue weighted by Crippen LogP contribution is 2.88. The number of nitrogens with one attached hydrogen (secondary N) is 4. The van der Waals surface area contributed by atoms with Crippen LogP contribution in [0.15, 0.2) is 24.9 Å². The number of hydrogen-bond acceptors (Lipinski definition) is 7. The highest BCUT2D eigenvalue weighted by Gasteiger charge is 2.85. The Morgan fingerprint density at radius 3 is 2.07 bits per heavy atom. The minimum atomic E-state index is -1.06. The maximum absolute atomic E-state index is 15.6. The molecule has 11 nitrogen and oxygen atoms in total. The number of rotatable bonds is 13. The zero-order valence-electron chi connectivity index (χ0n) is 34.7. The fraction of sp³-hybridized carbons (Fsp3) is 0.818. The summed E-state index contributed by atoms with van der Waals surface area (Å²) in [6, 6.07) is -1.99. The first-order chi connectivity index (χ1) is 26.1. The number of ether oxygens (including phenoxy) is 1. The minimum Gasteiger partial charge on any atom is -0.381 e. The summed E-state index contributed by atoms with van der Waals surface area (Å²) in [5, 5.41) is 13.0. The van der Waals surface area contributed by atoms with Gasteiger partial charge in [-0.2, -0.15) is 0 Å². The van der Waals surface area contributed by atoms with Crippen molar-refractivity contribution in [1.29, 1.82) is 0 Å². The van der Waals surface area contributed by atoms with Gasteiger partial charge in [0.1, 0.15) is 23.7 Å². The van der Waals surface area contributed by atoms with Crippen LogP contribution in [-0.2, 0) is 23.9 Å². The van der Waals surface area contributed by atoms with Crippen molar-refractivity contribution >= 4 is 23.6 Å². The quantitative estimate of drug-likeness (QED) is 0.198. The van der Waals surface area contributed by atoms with E-state index < -0.39 is 29.1 Å². The van der Waals surface area contributed by atoms with E-state index in [2.05, 4.69) is 73.9 Å². The summed E-state index contributed by atoms with van der Waals surface area (Å²) in [5.74, 6) is -1.07. The van der Waals surface area contributed by atoms with Crippen LogP contribution in [0.4, 0.5) is 0 Å². The smallest absolute Gasteiger partial charge is 0.246 e. The maximum Gasteiger partial charge on any atom is 0.246 e. The van der Waals surface area contributed by atoms with E-state index in [9.17, 15) is 9.59 Å². The first-order valence-corrected chi connectivity index (χ1v) is 21.6. The first kappa shape index (κ1) is 40.3. The van der Waals surface area contributed by atoms with Crippen LogP contribution in [0.5, 0.6) is 0 Å². The Bertz CT molecular complexity index is 1560. The van der Waals surface area contributed by atoms with E-state index in [0.717, 1.165) is 83.0 Å². The molecule has 3 aliphatic heterocycles. The van der Waals surface area contributed by atoms with Gasteiger partial charge in [-0.15, -0.1) is 6.58 Å². The molecule has 3 saturated heterocycles. The Morgan fingerprint density at radius 2 is 1.51 bits per heavy atom. The van der Waals surface area contributed by atoms with Crippen molar-refractivity contribution in [2.75, 3.05) is 39.9 Å². The number of fused-ring (bicyclic) bond motifs is 1. The van der Waals surface area contributed by atoms with Crippen LogP contribution >= 0.6 is 0 Å². The lowest BCUT2D eigenvalue weighted by atomic mass is 9.69. The number of carbonyl (C=O) groups excluding carboxylic acids is 4. The van der Waals surface area contributed by atoms with Gasteiger partial charge in [0.15, 0.2) is 0 Å². The predicted molar refractivity (Wildman–Crippen MR) is 213 cm³/mol. The number of likely N-dealkylation sites (tertiary alicyclic amines) is 2. The summed E-state index contributed by atoms with van der Waals surface area (Å²) in [7, 11) is 1.59. The van der Waals surface area contributed by atoms with Gasteiger partial charge in [-0.05, 0) is 93.5 Å². The van der Waals surface area contributed by atoms with E-state index in [1.165, 1.54) is 0 Å². The van der Waals surface area contributed by atoms with Crippen molar-refractivity contribution in [3.05, 3.63) is 24.9 Å². The van der Waals surface area contributed by atoms with Crippen LogP contribution in [0, 0.1) is 33.0 Å². The Kier molecular flexibility index (Phi) is 10.6. The highest BCUT2D eigenvalue weighted by molar-refractivity contribution is 5.99. The minimum absolute atomic E-state index is 0.0353. The van der Waals surface area contributed by atoms with Gasteiger partial charge in [-0.3, -0.25) is 24.1 Å². The Hall–Kier alpha value is -2.92. The summed E-state index contributed by atoms with van der Waals surface area (Å²) >= 11 is 0. The molecule has 7 atom stereocenters. The number of hydrogen-bond donors (Lipinski definition) is 4. The predicted octanol–water partition coefficient (Wildman–Crippen LogP) is 4.82. The molecule has 4 aliphatic carbocycles. The van der Waals surface area contributed by atoms with E-state index in [1.54, 1.807) is 13.1 Å². The second kappa shape index (κ2) is 14.5. The van der Waals surface area contributed by atoms with Crippen LogP contribution in [0.1, 0.15) is 125 Å². The van der Waals surface area contributed by atoms with Gasteiger partial charge >= 0.3 is 0 Å². The molecule has 55 heavy (non-hydrogen) atoms. The molecule has 0 aromatic rings. The molecule has 4 amide bonds. The molecule has 7 fully saturated rings. The Balaban J connectivity index is 1.22. The molecule has 2 spiro atoms. The molecule has 4 saturated carbocycles. The van der Waals surface area contributed by atoms with Crippen molar-refractivity contribution in [1.82, 2.24) is 31.1 Å². The summed E-state index contributed by atoms with van der Waals surface area (Å²) in [5.41, 5.74) is -1.21. The van der Waals surface area contributed by atoms with Gasteiger partial charge in [0.05, 0.1) is 0 Å². The van der Waals surface area contributed by atoms with Crippen molar-refractivity contribution in [3.8, 4) is 0 Å². The van der Waals surface area contributed by atoms with Gasteiger partial charge in [0, 0.05) is 55.3 Å². The number of likely N-dealkylation sites (N-methyl/N-ethyl adjacent to an activating group) is 2. The lowest BCUT2D eigenvalue weighted by Gasteiger charge is -2.45. The molecular weight excluding hydrogens is 693 g/mol. The van der Waals surface area contributed by atoms with Crippen molar-refractivity contribution in [2.45, 2.75) is 154 Å². The molecule has 0 aromatic carbocycles. The molecule has 11 heteroatoms. The van der Waals surface area contributed by atoms with Crippen LogP contribution in [0.25, 0.3) is 0 Å². The van der Waals surface area contributed by atoms with Gasteiger partial charge < -0.3 is 30.9 Å². The monoisotopic (exact) mass is 763 g/mol. The average Bonchev–Trinajstić information content (AvgIpc) is 3.66. The summed E-state index contributed by atoms with van der Waals surface area (Å²) in [6.45, 7) is 23.0. The van der Waals surface area contributed by atoms with Crippen LogP contribution < -0.4 is 21.3 Å². The molecule has 3 heterocycles. The first-order valence-electron chi connectivity index (χ1n) is 21.6. The average molecular weight is 763 g/mol. The maximum atomic E-state index is 15.6. The van der Waals surface area contributed by atoms with Crippen molar-refractivity contribution < 1.29 is 23.9 Å². The normalized spacial score (nSPS) is 34.9. The van der Waals surface area contributed by atoms with Gasteiger partial charge in [0.2, 0.25) is 23.6 Å². The lowest BCUT2D eigenvalue weighted by molar-refractivity contribution is -0.147. The number of amides is 4. The van der Waals surface area contributed by atoms with Gasteiger partial charge in [-0.25, -0.2) is 0 Å². The Morgan fingerprint density at radius 1 is 0.836 bits per heavy atom. The van der Waals surface area contributed by atoms with E-state index in [4.69, 9.17) is 4.74 Å². The second-order valence-corrected chi connectivity index (χ2v) is 19.7. The standard InChI is InChI=1S/C44H70N6O5/c1-9-30-26-44(30,38(54)45-8)48-35(51)32-27-43(39(4,5)42(43)19-15-20-42)28-50(32)37(53)34(41(7)21-24-55-25-22-41)47-36(52)33(40(6)17-12-11-13-18-40)46-29(3)31-16-14-23-49(31)10-2/h9,30-34,46H,1,3,10-28H2,2,4-8H3,(H,45,54)(H,47,52)(H,48,51)/t30-,31+,32+,33?,34-,43?,44-/m1/s1. The molecule has 7 aliphatic rings. The molecule has 306 valence electrons. The number of nitrogens with zero attached hydrogens (tertiary/aromatic N) is 2. The fourth-order valence-electron chi connectivity index (χ4n) is 12.8. The zero-order chi connectivity index (χ0) is 39.6. The third kappa shape index (κ3) is 6.27. The summed E-state index contributed by atoms with van der Waals surface area (Å²) in [6.07, 6.45) is 14.6. The van der Waals surface area contributed by atoms with Crippen LogP contribution in [0.2, 0.25) is 0 Å². The highest BCUT2D eigenvalue weighted by atomic mass is 16.5. The summed E-state index contributed by atoms with van der Waals surface area (Å²) < 4.78 is 5.83. The van der Waals surface area contributed by atoms with Crippen molar-refractivity contribution in [3.63, 3.8) is 0 Å². The van der Waals surface area contributed by atoms with Gasteiger partial charge in [-0.1, -0.05) is 73.0 Å². The van der Waals surface area contributed by atoms with Gasteiger partial charge in [0.25, 0.3) is 0 Å². The van der Waals surface area contributed by atoms with Crippen LogP contribution in [-0.4, -0.2) is 103 Å². The number of carbonyl (C=O) groups is 4. The van der Waals surface area contributed by atoms with Crippen molar-refractivity contribution in [2.24, 2.45) is 33.0 Å².